The van der Waals surface area contributed by atoms with Crippen LogP contribution in [0.4, 0.5) is 11.4 Å². The first kappa shape index (κ1) is 22.9. The molecule has 2 heterocycles. The van der Waals surface area contributed by atoms with Gasteiger partial charge in [-0.3, -0.25) is 4.98 Å². The number of ether oxygens (including phenoxy) is 1. The molecule has 3 aromatic rings. The minimum Gasteiger partial charge on any atom is -0.478 e. The lowest BCUT2D eigenvalue weighted by molar-refractivity contribution is 0.0696. The first-order chi connectivity index (χ1) is 15.7. The first-order valence-electron chi connectivity index (χ1n) is 9.70. The van der Waals surface area contributed by atoms with Crippen molar-refractivity contribution in [2.75, 3.05) is 25.0 Å². The van der Waals surface area contributed by atoms with Gasteiger partial charge in [-0.2, -0.15) is 0 Å². The predicted octanol–water partition coefficient (Wildman–Crippen LogP) is 2.75. The Labute approximate surface area is 193 Å². The van der Waals surface area contributed by atoms with Crippen LogP contribution in [-0.4, -0.2) is 60.7 Å². The maximum absolute atomic E-state index is 13.4. The number of hydrogen-bond donors (Lipinski definition) is 4. The second-order valence-corrected chi connectivity index (χ2v) is 9.70. The molecule has 1 unspecified atom stereocenters. The third kappa shape index (κ3) is 4.48. The van der Waals surface area contributed by atoms with Crippen molar-refractivity contribution in [3.05, 3.63) is 58.7 Å². The molecule has 1 aliphatic heterocycles. The number of anilines is 2. The number of carboxylic acids is 2. The van der Waals surface area contributed by atoms with Crippen LogP contribution in [0.2, 0.25) is 5.02 Å². The van der Waals surface area contributed by atoms with Gasteiger partial charge in [-0.15, -0.1) is 0 Å². The minimum atomic E-state index is -4.07. The summed E-state index contributed by atoms with van der Waals surface area (Å²) in [4.78, 5) is 27.1. The van der Waals surface area contributed by atoms with Crippen molar-refractivity contribution in [1.82, 2.24) is 10.3 Å². The van der Waals surface area contributed by atoms with Gasteiger partial charge >= 0.3 is 11.9 Å². The lowest BCUT2D eigenvalue weighted by Gasteiger charge is -2.25. The maximum atomic E-state index is 13.4. The van der Waals surface area contributed by atoms with Crippen molar-refractivity contribution in [2.24, 2.45) is 0 Å². The third-order valence-electron chi connectivity index (χ3n) is 5.10. The van der Waals surface area contributed by atoms with E-state index in [9.17, 15) is 28.2 Å². The molecule has 2 aromatic carbocycles. The number of morpholine rings is 1. The number of fused-ring (bicyclic) bond motifs is 1. The van der Waals surface area contributed by atoms with Gasteiger partial charge in [-0.1, -0.05) is 11.6 Å². The molecule has 33 heavy (non-hydrogen) atoms. The summed E-state index contributed by atoms with van der Waals surface area (Å²) in [5.41, 5.74) is -1.27. The van der Waals surface area contributed by atoms with Gasteiger partial charge in [-0.05, 0) is 36.4 Å². The van der Waals surface area contributed by atoms with Crippen LogP contribution in [0.5, 0.6) is 0 Å². The molecule has 1 aromatic heterocycles. The smallest absolute Gasteiger partial charge is 0.337 e. The standard InChI is InChI=1S/C21H18ClN3O7S/c22-12-2-4-15-13(8-12)19(17(9-24-15)33(30,31)18-10-23-5-6-32-18)25-16-3-1-11(20(26)27)7-14(16)21(28)29/h1-4,7-9,18,23H,5-6,10H2,(H,24,25)(H,26,27)(H,28,29). The maximum Gasteiger partial charge on any atom is 0.337 e. The average molecular weight is 492 g/mol. The van der Waals surface area contributed by atoms with Gasteiger partial charge in [0.2, 0.25) is 9.84 Å². The Kier molecular flexibility index (Phi) is 6.21. The molecule has 172 valence electrons. The summed E-state index contributed by atoms with van der Waals surface area (Å²) >= 11 is 6.15. The summed E-state index contributed by atoms with van der Waals surface area (Å²) in [6.45, 7) is 0.795. The first-order valence-corrected chi connectivity index (χ1v) is 11.6. The molecule has 0 amide bonds. The molecule has 4 N–H and O–H groups in total. The molecule has 12 heteroatoms. The minimum absolute atomic E-state index is 0.000821. The molecule has 0 aliphatic carbocycles. The van der Waals surface area contributed by atoms with Crippen LogP contribution >= 0.6 is 11.6 Å². The molecule has 1 aliphatic rings. The van der Waals surface area contributed by atoms with Crippen molar-refractivity contribution in [1.29, 1.82) is 0 Å². The molecule has 0 saturated carbocycles. The van der Waals surface area contributed by atoms with E-state index < -0.39 is 27.2 Å². The van der Waals surface area contributed by atoms with Crippen LogP contribution in [0.15, 0.2) is 47.5 Å². The molecule has 4 rings (SSSR count). The molecule has 1 saturated heterocycles. The van der Waals surface area contributed by atoms with Gasteiger partial charge in [0, 0.05) is 29.7 Å². The number of carboxylic acid groups (broad SMARTS) is 2. The molecule has 0 radical (unpaired) electrons. The lowest BCUT2D eigenvalue weighted by Crippen LogP contribution is -2.43. The van der Waals surface area contributed by atoms with E-state index in [0.717, 1.165) is 6.07 Å². The van der Waals surface area contributed by atoms with Crippen molar-refractivity contribution < 1.29 is 33.0 Å². The fourth-order valence-corrected chi connectivity index (χ4v) is 5.18. The van der Waals surface area contributed by atoms with E-state index in [2.05, 4.69) is 15.6 Å². The van der Waals surface area contributed by atoms with E-state index >= 15 is 0 Å². The second kappa shape index (κ2) is 8.94. The average Bonchev–Trinajstić information content (AvgIpc) is 2.79. The van der Waals surface area contributed by atoms with Gasteiger partial charge in [-0.25, -0.2) is 18.0 Å². The van der Waals surface area contributed by atoms with E-state index in [1.165, 1.54) is 24.4 Å². The van der Waals surface area contributed by atoms with Crippen molar-refractivity contribution in [3.63, 3.8) is 0 Å². The van der Waals surface area contributed by atoms with Gasteiger partial charge in [0.25, 0.3) is 0 Å². The van der Waals surface area contributed by atoms with Crippen LogP contribution < -0.4 is 10.6 Å². The summed E-state index contributed by atoms with van der Waals surface area (Å²) in [6, 6.07) is 8.18. The highest BCUT2D eigenvalue weighted by Gasteiger charge is 2.33. The van der Waals surface area contributed by atoms with Gasteiger partial charge in [0.05, 0.1) is 34.6 Å². The van der Waals surface area contributed by atoms with E-state index in [1.54, 1.807) is 12.1 Å². The second-order valence-electron chi connectivity index (χ2n) is 7.20. The number of hydrogen-bond acceptors (Lipinski definition) is 8. The zero-order chi connectivity index (χ0) is 23.8. The highest BCUT2D eigenvalue weighted by molar-refractivity contribution is 7.92. The van der Waals surface area contributed by atoms with E-state index in [-0.39, 0.29) is 40.5 Å². The van der Waals surface area contributed by atoms with E-state index in [1.807, 2.05) is 0 Å². The van der Waals surface area contributed by atoms with Gasteiger partial charge < -0.3 is 25.6 Å². The van der Waals surface area contributed by atoms with E-state index in [0.29, 0.717) is 22.5 Å². The number of carbonyl (C=O) groups is 2. The Morgan fingerprint density at radius 1 is 1.15 bits per heavy atom. The van der Waals surface area contributed by atoms with E-state index in [4.69, 9.17) is 16.3 Å². The number of nitrogens with zero attached hydrogens (tertiary/aromatic N) is 1. The Bertz CT molecular complexity index is 1370. The zero-order valence-electron chi connectivity index (χ0n) is 16.9. The van der Waals surface area contributed by atoms with Crippen LogP contribution in [-0.2, 0) is 14.6 Å². The van der Waals surface area contributed by atoms with Crippen molar-refractivity contribution >= 4 is 55.7 Å². The monoisotopic (exact) mass is 491 g/mol. The molecular weight excluding hydrogens is 474 g/mol. The number of nitrogens with one attached hydrogen (secondary N) is 2. The fourth-order valence-electron chi connectivity index (χ4n) is 3.47. The number of benzene rings is 2. The lowest BCUT2D eigenvalue weighted by atomic mass is 10.1. The van der Waals surface area contributed by atoms with Crippen LogP contribution in [0, 0.1) is 0 Å². The molecular formula is C21H18ClN3O7S. The highest BCUT2D eigenvalue weighted by Crippen LogP contribution is 2.36. The Morgan fingerprint density at radius 2 is 1.94 bits per heavy atom. The van der Waals surface area contributed by atoms with Crippen LogP contribution in [0.1, 0.15) is 20.7 Å². The topological polar surface area (TPSA) is 155 Å². The van der Waals surface area contributed by atoms with Crippen LogP contribution in [0.25, 0.3) is 10.9 Å². The van der Waals surface area contributed by atoms with Gasteiger partial charge in [0.1, 0.15) is 4.90 Å². The summed E-state index contributed by atoms with van der Waals surface area (Å²) in [5, 5.41) is 25.3. The van der Waals surface area contributed by atoms with Crippen LogP contribution in [0.3, 0.4) is 0 Å². The fraction of sp³-hybridized carbons (Fsp3) is 0.190. The highest BCUT2D eigenvalue weighted by atomic mass is 35.5. The number of aromatic carboxylic acids is 2. The zero-order valence-corrected chi connectivity index (χ0v) is 18.5. The van der Waals surface area contributed by atoms with Gasteiger partial charge in [0.15, 0.2) is 5.44 Å². The Morgan fingerprint density at radius 3 is 2.61 bits per heavy atom. The third-order valence-corrected chi connectivity index (χ3v) is 7.25. The van der Waals surface area contributed by atoms with Crippen molar-refractivity contribution in [3.8, 4) is 0 Å². The number of aromatic nitrogens is 1. The normalized spacial score (nSPS) is 16.5. The Balaban J connectivity index is 1.92. The number of halogens is 1. The number of pyridine rings is 1. The SMILES string of the molecule is O=C(O)c1ccc(Nc2c(S(=O)(=O)C3CNCCO3)cnc3ccc(Cl)cc23)c(C(=O)O)c1. The summed E-state index contributed by atoms with van der Waals surface area (Å²) in [5.74, 6) is -2.68. The molecule has 10 nitrogen and oxygen atoms in total. The summed E-state index contributed by atoms with van der Waals surface area (Å²) in [6.07, 6.45) is 1.18. The Hall–Kier alpha value is -3.25. The molecule has 0 bridgehead atoms. The molecule has 0 spiro atoms. The van der Waals surface area contributed by atoms with Crippen molar-refractivity contribution in [2.45, 2.75) is 10.3 Å². The number of sulfone groups is 1. The summed E-state index contributed by atoms with van der Waals surface area (Å²) in [7, 11) is -4.07. The summed E-state index contributed by atoms with van der Waals surface area (Å²) < 4.78 is 32.3. The quantitative estimate of drug-likeness (QED) is 0.404. The molecule has 1 atom stereocenters. The predicted molar refractivity (Wildman–Crippen MR) is 120 cm³/mol. The molecule has 1 fully saturated rings. The number of rotatable bonds is 6. The largest absolute Gasteiger partial charge is 0.478 e.